The average molecular weight is 283 g/mol. The number of nitrogens with one attached hydrogen (secondary N) is 1. The number of aryl methyl sites for hydroxylation is 1. The standard InChI is InChI=1S/C14H19ClN2O2/c1-2-10-8-12(17(18)19)9-13(15)14(10)16-11-6-4-3-5-7-11/h8-9,11,16H,2-7H2,1H3. The Bertz CT molecular complexity index is 471. The first kappa shape index (κ1) is 14.1. The second-order valence-corrected chi connectivity index (χ2v) is 5.46. The molecule has 1 N–H and O–H groups in total. The fraction of sp³-hybridized carbons (Fsp3) is 0.571. The van der Waals surface area contributed by atoms with Crippen LogP contribution in [0.1, 0.15) is 44.6 Å². The van der Waals surface area contributed by atoms with Crippen LogP contribution in [0.5, 0.6) is 0 Å². The van der Waals surface area contributed by atoms with Gasteiger partial charge in [0, 0.05) is 18.2 Å². The van der Waals surface area contributed by atoms with E-state index in [9.17, 15) is 10.1 Å². The predicted molar refractivity (Wildman–Crippen MR) is 78.0 cm³/mol. The molecular weight excluding hydrogens is 264 g/mol. The summed E-state index contributed by atoms with van der Waals surface area (Å²) in [6.07, 6.45) is 6.81. The molecule has 2 rings (SSSR count). The van der Waals surface area contributed by atoms with Gasteiger partial charge in [-0.25, -0.2) is 0 Å². The Balaban J connectivity index is 2.25. The maximum absolute atomic E-state index is 10.8. The molecule has 4 nitrogen and oxygen atoms in total. The van der Waals surface area contributed by atoms with Gasteiger partial charge in [-0.1, -0.05) is 37.8 Å². The van der Waals surface area contributed by atoms with Gasteiger partial charge in [-0.3, -0.25) is 10.1 Å². The highest BCUT2D eigenvalue weighted by Crippen LogP contribution is 2.33. The minimum Gasteiger partial charge on any atom is -0.381 e. The van der Waals surface area contributed by atoms with Crippen LogP contribution in [0.25, 0.3) is 0 Å². The van der Waals surface area contributed by atoms with E-state index in [-0.39, 0.29) is 5.69 Å². The maximum Gasteiger partial charge on any atom is 0.271 e. The molecule has 0 unspecified atom stereocenters. The van der Waals surface area contributed by atoms with Gasteiger partial charge in [0.25, 0.3) is 5.69 Å². The fourth-order valence-electron chi connectivity index (χ4n) is 2.64. The first-order valence-corrected chi connectivity index (χ1v) is 7.23. The number of nitro groups is 1. The third-order valence-corrected chi connectivity index (χ3v) is 4.00. The van der Waals surface area contributed by atoms with Crippen molar-refractivity contribution in [2.24, 2.45) is 0 Å². The Morgan fingerprint density at radius 3 is 2.63 bits per heavy atom. The number of hydrogen-bond donors (Lipinski definition) is 1. The van der Waals surface area contributed by atoms with E-state index in [4.69, 9.17) is 11.6 Å². The average Bonchev–Trinajstić information content (AvgIpc) is 2.41. The molecular formula is C14H19ClN2O2. The minimum absolute atomic E-state index is 0.0658. The molecule has 0 radical (unpaired) electrons. The molecule has 0 heterocycles. The van der Waals surface area contributed by atoms with Crippen LogP contribution in [0.4, 0.5) is 11.4 Å². The SMILES string of the molecule is CCc1cc([N+](=O)[O-])cc(Cl)c1NC1CCCCC1. The lowest BCUT2D eigenvalue weighted by Gasteiger charge is -2.25. The first-order chi connectivity index (χ1) is 9.11. The Morgan fingerprint density at radius 1 is 1.37 bits per heavy atom. The van der Waals surface area contributed by atoms with Crippen molar-refractivity contribution in [3.05, 3.63) is 32.8 Å². The van der Waals surface area contributed by atoms with Gasteiger partial charge in [-0.2, -0.15) is 0 Å². The van der Waals surface area contributed by atoms with E-state index in [0.29, 0.717) is 11.1 Å². The lowest BCUT2D eigenvalue weighted by Crippen LogP contribution is -2.23. The number of halogens is 1. The van der Waals surface area contributed by atoms with Crippen LogP contribution in [-0.4, -0.2) is 11.0 Å². The van der Waals surface area contributed by atoms with Crippen molar-refractivity contribution >= 4 is 23.0 Å². The van der Waals surface area contributed by atoms with E-state index in [2.05, 4.69) is 5.32 Å². The third kappa shape index (κ3) is 3.38. The third-order valence-electron chi connectivity index (χ3n) is 3.70. The van der Waals surface area contributed by atoms with Crippen LogP contribution in [0.15, 0.2) is 12.1 Å². The lowest BCUT2D eigenvalue weighted by atomic mass is 9.95. The Kier molecular flexibility index (Phi) is 4.64. The fourth-order valence-corrected chi connectivity index (χ4v) is 2.93. The molecule has 0 bridgehead atoms. The van der Waals surface area contributed by atoms with Gasteiger partial charge in [0.1, 0.15) is 0 Å². The molecule has 1 aromatic rings. The summed E-state index contributed by atoms with van der Waals surface area (Å²) in [5, 5.41) is 14.8. The Labute approximate surface area is 118 Å². The van der Waals surface area contributed by atoms with Crippen molar-refractivity contribution in [3.8, 4) is 0 Å². The second kappa shape index (κ2) is 6.24. The summed E-state index contributed by atoms with van der Waals surface area (Å²) in [5.74, 6) is 0. The smallest absolute Gasteiger partial charge is 0.271 e. The quantitative estimate of drug-likeness (QED) is 0.651. The van der Waals surface area contributed by atoms with Crippen LogP contribution in [0.3, 0.4) is 0 Å². The van der Waals surface area contributed by atoms with Gasteiger partial charge >= 0.3 is 0 Å². The van der Waals surface area contributed by atoms with Crippen molar-refractivity contribution < 1.29 is 4.92 Å². The van der Waals surface area contributed by atoms with Gasteiger partial charge in [-0.05, 0) is 24.8 Å². The molecule has 104 valence electrons. The highest BCUT2D eigenvalue weighted by molar-refractivity contribution is 6.33. The molecule has 0 spiro atoms. The number of non-ortho nitro benzene ring substituents is 1. The largest absolute Gasteiger partial charge is 0.381 e. The number of nitro benzene ring substituents is 1. The summed E-state index contributed by atoms with van der Waals surface area (Å²) >= 11 is 6.21. The topological polar surface area (TPSA) is 55.2 Å². The van der Waals surface area contributed by atoms with Crippen molar-refractivity contribution in [3.63, 3.8) is 0 Å². The molecule has 5 heteroatoms. The molecule has 1 aromatic carbocycles. The van der Waals surface area contributed by atoms with E-state index in [1.54, 1.807) is 6.07 Å². The van der Waals surface area contributed by atoms with Crippen LogP contribution >= 0.6 is 11.6 Å². The highest BCUT2D eigenvalue weighted by atomic mass is 35.5. The number of hydrogen-bond acceptors (Lipinski definition) is 3. The molecule has 1 aliphatic rings. The van der Waals surface area contributed by atoms with E-state index in [0.717, 1.165) is 30.5 Å². The summed E-state index contributed by atoms with van der Waals surface area (Å²) < 4.78 is 0. The molecule has 1 aliphatic carbocycles. The molecule has 0 atom stereocenters. The first-order valence-electron chi connectivity index (χ1n) is 6.85. The van der Waals surface area contributed by atoms with Crippen LogP contribution in [0, 0.1) is 10.1 Å². The summed E-state index contributed by atoms with van der Waals surface area (Å²) in [6.45, 7) is 1.99. The van der Waals surface area contributed by atoms with Crippen LogP contribution in [0.2, 0.25) is 5.02 Å². The zero-order chi connectivity index (χ0) is 13.8. The van der Waals surface area contributed by atoms with E-state index < -0.39 is 4.92 Å². The number of benzene rings is 1. The van der Waals surface area contributed by atoms with Gasteiger partial charge in [0.05, 0.1) is 15.6 Å². The Morgan fingerprint density at radius 2 is 2.05 bits per heavy atom. The summed E-state index contributed by atoms with van der Waals surface area (Å²) in [5.41, 5.74) is 1.86. The summed E-state index contributed by atoms with van der Waals surface area (Å²) in [6, 6.07) is 3.50. The van der Waals surface area contributed by atoms with Crippen LogP contribution in [-0.2, 0) is 6.42 Å². The van der Waals surface area contributed by atoms with Crippen molar-refractivity contribution in [1.82, 2.24) is 0 Å². The summed E-state index contributed by atoms with van der Waals surface area (Å²) in [4.78, 5) is 10.5. The molecule has 1 saturated carbocycles. The lowest BCUT2D eigenvalue weighted by molar-refractivity contribution is -0.384. The molecule has 0 saturated heterocycles. The van der Waals surface area contributed by atoms with E-state index >= 15 is 0 Å². The second-order valence-electron chi connectivity index (χ2n) is 5.05. The Hall–Kier alpha value is -1.29. The molecule has 0 amide bonds. The van der Waals surface area contributed by atoms with Gasteiger partial charge in [0.2, 0.25) is 0 Å². The van der Waals surface area contributed by atoms with Gasteiger partial charge in [0.15, 0.2) is 0 Å². The molecule has 1 fully saturated rings. The number of rotatable bonds is 4. The number of nitrogens with zero attached hydrogens (tertiary/aromatic N) is 1. The monoisotopic (exact) mass is 282 g/mol. The maximum atomic E-state index is 10.8. The van der Waals surface area contributed by atoms with Gasteiger partial charge in [-0.15, -0.1) is 0 Å². The molecule has 0 aromatic heterocycles. The van der Waals surface area contributed by atoms with Crippen molar-refractivity contribution in [2.45, 2.75) is 51.5 Å². The van der Waals surface area contributed by atoms with Crippen molar-refractivity contribution in [2.75, 3.05) is 5.32 Å². The van der Waals surface area contributed by atoms with Crippen LogP contribution < -0.4 is 5.32 Å². The zero-order valence-electron chi connectivity index (χ0n) is 11.1. The van der Waals surface area contributed by atoms with E-state index in [1.807, 2.05) is 6.92 Å². The van der Waals surface area contributed by atoms with Gasteiger partial charge < -0.3 is 5.32 Å². The highest BCUT2D eigenvalue weighted by Gasteiger charge is 2.19. The molecule has 0 aliphatic heterocycles. The van der Waals surface area contributed by atoms with E-state index in [1.165, 1.54) is 25.3 Å². The zero-order valence-corrected chi connectivity index (χ0v) is 11.9. The normalized spacial score (nSPS) is 16.3. The predicted octanol–water partition coefficient (Wildman–Crippen LogP) is 4.56. The molecule has 19 heavy (non-hydrogen) atoms. The summed E-state index contributed by atoms with van der Waals surface area (Å²) in [7, 11) is 0. The minimum atomic E-state index is -0.393. The van der Waals surface area contributed by atoms with Crippen molar-refractivity contribution in [1.29, 1.82) is 0 Å². The number of anilines is 1.